The highest BCUT2D eigenvalue weighted by Crippen LogP contribution is 2.50. The van der Waals surface area contributed by atoms with Crippen molar-refractivity contribution >= 4 is 38.5 Å². The molecule has 0 amide bonds. The zero-order chi connectivity index (χ0) is 15.7. The monoisotopic (exact) mass is 330 g/mol. The first-order chi connectivity index (χ1) is 10.6. The van der Waals surface area contributed by atoms with Gasteiger partial charge in [0.1, 0.15) is 0 Å². The molecule has 0 saturated carbocycles. The van der Waals surface area contributed by atoms with Crippen molar-refractivity contribution in [2.45, 2.75) is 23.5 Å². The lowest BCUT2D eigenvalue weighted by Gasteiger charge is -2.17. The number of ketones is 2. The standard InChI is InChI=1S/C18H15ClO2S/c1-12(20)18-16(21)11-17(13-7-9-14(19)10-8-13)22(18)15-5-3-2-4-6-15/h2-10,17H,11H2,1H3/t17-,22?/m0/s1. The Labute approximate surface area is 137 Å². The Balaban J connectivity index is 2.17. The van der Waals surface area contributed by atoms with Crippen LogP contribution in [0.5, 0.6) is 0 Å². The number of benzene rings is 2. The van der Waals surface area contributed by atoms with Crippen LogP contribution in [0.4, 0.5) is 0 Å². The van der Waals surface area contributed by atoms with Crippen molar-refractivity contribution in [2.24, 2.45) is 0 Å². The van der Waals surface area contributed by atoms with Crippen LogP contribution in [0.15, 0.2) is 59.5 Å². The molecule has 1 unspecified atom stereocenters. The summed E-state index contributed by atoms with van der Waals surface area (Å²) in [5.74, 6) is -0.145. The van der Waals surface area contributed by atoms with Crippen molar-refractivity contribution in [1.29, 1.82) is 0 Å². The van der Waals surface area contributed by atoms with Gasteiger partial charge in [-0.15, -0.1) is 10.5 Å². The molecule has 2 aromatic carbocycles. The Hall–Kier alpha value is -1.71. The molecule has 0 spiro atoms. The summed E-state index contributed by atoms with van der Waals surface area (Å²) in [5.41, 5.74) is 1.06. The van der Waals surface area contributed by atoms with Crippen molar-refractivity contribution in [1.82, 2.24) is 0 Å². The molecule has 0 radical (unpaired) electrons. The van der Waals surface area contributed by atoms with Crippen LogP contribution in [0, 0.1) is 0 Å². The van der Waals surface area contributed by atoms with Crippen LogP contribution in [0.1, 0.15) is 24.2 Å². The largest absolute Gasteiger partial charge is 0.294 e. The molecular weight excluding hydrogens is 316 g/mol. The van der Waals surface area contributed by atoms with Gasteiger partial charge in [0.05, 0.1) is 4.86 Å². The molecule has 0 bridgehead atoms. The van der Waals surface area contributed by atoms with E-state index in [0.717, 1.165) is 10.5 Å². The number of hydrogen-bond acceptors (Lipinski definition) is 2. The van der Waals surface area contributed by atoms with Crippen LogP contribution in [0.3, 0.4) is 0 Å². The maximum atomic E-state index is 12.4. The summed E-state index contributed by atoms with van der Waals surface area (Å²) in [5, 5.41) is 0.689. The fraction of sp³-hybridized carbons (Fsp3) is 0.167. The molecule has 4 heteroatoms. The van der Waals surface area contributed by atoms with E-state index >= 15 is 0 Å². The van der Waals surface area contributed by atoms with Crippen LogP contribution >= 0.6 is 22.1 Å². The van der Waals surface area contributed by atoms with Crippen molar-refractivity contribution in [3.05, 3.63) is 65.2 Å². The maximum Gasteiger partial charge on any atom is 0.173 e. The van der Waals surface area contributed by atoms with Crippen molar-refractivity contribution < 1.29 is 9.59 Å². The van der Waals surface area contributed by atoms with E-state index < -0.39 is 10.5 Å². The summed E-state index contributed by atoms with van der Waals surface area (Å²) in [6.07, 6.45) is 0.383. The lowest BCUT2D eigenvalue weighted by atomic mass is 10.1. The number of hydrogen-bond donors (Lipinski definition) is 0. The predicted molar refractivity (Wildman–Crippen MR) is 91.8 cm³/mol. The van der Waals surface area contributed by atoms with Gasteiger partial charge in [0.15, 0.2) is 11.6 Å². The van der Waals surface area contributed by atoms with E-state index in [2.05, 4.69) is 0 Å². The fourth-order valence-electron chi connectivity index (χ4n) is 2.74. The van der Waals surface area contributed by atoms with Crippen LogP contribution in [-0.2, 0) is 9.59 Å². The van der Waals surface area contributed by atoms with Crippen molar-refractivity contribution in [2.75, 3.05) is 0 Å². The van der Waals surface area contributed by atoms with Gasteiger partial charge in [-0.1, -0.05) is 41.9 Å². The number of carbonyl (C=O) groups excluding carboxylic acids is 2. The van der Waals surface area contributed by atoms with Crippen molar-refractivity contribution in [3.63, 3.8) is 0 Å². The average molecular weight is 331 g/mol. The lowest BCUT2D eigenvalue weighted by molar-refractivity contribution is -0.115. The molecule has 3 rings (SSSR count). The third kappa shape index (κ3) is 2.79. The molecule has 1 aliphatic heterocycles. The molecule has 0 aliphatic carbocycles. The molecule has 0 aromatic heterocycles. The minimum atomic E-state index is -0.510. The van der Waals surface area contributed by atoms with Gasteiger partial charge in [0.25, 0.3) is 0 Å². The Morgan fingerprint density at radius 2 is 1.73 bits per heavy atom. The van der Waals surface area contributed by atoms with Crippen molar-refractivity contribution in [3.8, 4) is 0 Å². The maximum absolute atomic E-state index is 12.4. The van der Waals surface area contributed by atoms with E-state index in [1.165, 1.54) is 6.92 Å². The predicted octanol–water partition coefficient (Wildman–Crippen LogP) is 4.44. The smallest absolute Gasteiger partial charge is 0.173 e. The minimum Gasteiger partial charge on any atom is -0.294 e. The Morgan fingerprint density at radius 3 is 2.32 bits per heavy atom. The van der Waals surface area contributed by atoms with E-state index in [4.69, 9.17) is 11.6 Å². The lowest BCUT2D eigenvalue weighted by Crippen LogP contribution is -2.16. The summed E-state index contributed by atoms with van der Waals surface area (Å²) >= 11 is 5.96. The summed E-state index contributed by atoms with van der Waals surface area (Å²) in [4.78, 5) is 25.9. The normalized spacial score (nSPS) is 21.2. The number of halogens is 1. The molecular formula is C18H15ClO2S. The highest BCUT2D eigenvalue weighted by molar-refractivity contribution is 8.18. The van der Waals surface area contributed by atoms with Gasteiger partial charge < -0.3 is 0 Å². The van der Waals surface area contributed by atoms with E-state index in [-0.39, 0.29) is 16.8 Å². The SMILES string of the molecule is CC(=O)C1=S(c2ccccc2)[C@H](c2ccc(Cl)cc2)CC1=O. The van der Waals surface area contributed by atoms with Gasteiger partial charge in [-0.25, -0.2) is 0 Å². The van der Waals surface area contributed by atoms with Gasteiger partial charge in [-0.3, -0.25) is 9.59 Å². The van der Waals surface area contributed by atoms with E-state index in [1.54, 1.807) is 0 Å². The van der Waals surface area contributed by atoms with Crippen LogP contribution < -0.4 is 0 Å². The van der Waals surface area contributed by atoms with Crippen LogP contribution in [0.2, 0.25) is 5.02 Å². The zero-order valence-electron chi connectivity index (χ0n) is 12.1. The second kappa shape index (κ2) is 6.19. The zero-order valence-corrected chi connectivity index (χ0v) is 13.7. The topological polar surface area (TPSA) is 34.1 Å². The molecule has 0 saturated heterocycles. The average Bonchev–Trinajstić information content (AvgIpc) is 2.86. The number of Topliss-reactive ketones (excluding diaryl/α,β-unsaturated/α-hetero) is 2. The first-order valence-electron chi connectivity index (χ1n) is 7.02. The summed E-state index contributed by atoms with van der Waals surface area (Å²) in [7, 11) is -0.510. The van der Waals surface area contributed by atoms with Gasteiger partial charge in [0.2, 0.25) is 0 Å². The van der Waals surface area contributed by atoms with E-state index in [9.17, 15) is 9.59 Å². The van der Waals surface area contributed by atoms with Crippen LogP contribution in [-0.4, -0.2) is 16.4 Å². The molecule has 0 fully saturated rings. The second-order valence-corrected chi connectivity index (χ2v) is 7.76. The molecule has 2 aromatic rings. The highest BCUT2D eigenvalue weighted by Gasteiger charge is 2.35. The second-order valence-electron chi connectivity index (χ2n) is 5.20. The Bertz CT molecular complexity index is 763. The Kier molecular flexibility index (Phi) is 4.27. The summed E-state index contributed by atoms with van der Waals surface area (Å²) < 4.78 is 0. The Morgan fingerprint density at radius 1 is 1.09 bits per heavy atom. The molecule has 1 heterocycles. The number of rotatable bonds is 3. The number of carbonyl (C=O) groups is 2. The van der Waals surface area contributed by atoms with Gasteiger partial charge in [0, 0.05) is 21.6 Å². The molecule has 22 heavy (non-hydrogen) atoms. The molecule has 0 N–H and O–H groups in total. The highest BCUT2D eigenvalue weighted by atomic mass is 35.5. The van der Waals surface area contributed by atoms with Crippen LogP contribution in [0.25, 0.3) is 0 Å². The first kappa shape index (κ1) is 15.2. The molecule has 112 valence electrons. The van der Waals surface area contributed by atoms with E-state index in [0.29, 0.717) is 16.3 Å². The molecule has 1 aliphatic rings. The fourth-order valence-corrected chi connectivity index (χ4v) is 5.55. The molecule has 2 atom stereocenters. The minimum absolute atomic E-state index is 0.0195. The summed E-state index contributed by atoms with van der Waals surface area (Å²) in [6, 6.07) is 17.4. The quantitative estimate of drug-likeness (QED) is 0.779. The van der Waals surface area contributed by atoms with Gasteiger partial charge in [-0.2, -0.15) is 0 Å². The van der Waals surface area contributed by atoms with Gasteiger partial charge >= 0.3 is 0 Å². The third-order valence-electron chi connectivity index (χ3n) is 3.69. The third-order valence-corrected chi connectivity index (χ3v) is 6.68. The first-order valence-corrected chi connectivity index (χ1v) is 8.69. The summed E-state index contributed by atoms with van der Waals surface area (Å²) in [6.45, 7) is 1.49. The van der Waals surface area contributed by atoms with Gasteiger partial charge in [-0.05, 0) is 36.8 Å². The molecule has 2 nitrogen and oxygen atoms in total. The van der Waals surface area contributed by atoms with E-state index in [1.807, 2.05) is 54.6 Å².